The Morgan fingerprint density at radius 3 is 1.88 bits per heavy atom. The summed E-state index contributed by atoms with van der Waals surface area (Å²) >= 11 is 0. The number of rotatable bonds is 6. The van der Waals surface area contributed by atoms with E-state index in [2.05, 4.69) is 0 Å². The molecule has 2 aliphatic heterocycles. The molecule has 2 atom stereocenters. The number of amides is 1. The summed E-state index contributed by atoms with van der Waals surface area (Å²) in [7, 11) is -8.22. The molecular formula is C25H24F8N2O5S2. The van der Waals surface area contributed by atoms with Crippen molar-refractivity contribution in [2.45, 2.75) is 40.5 Å². The molecule has 2 aromatic carbocycles. The third kappa shape index (κ3) is 5.27. The van der Waals surface area contributed by atoms with Gasteiger partial charge in [0.1, 0.15) is 10.6 Å². The first-order chi connectivity index (χ1) is 19.1. The predicted octanol–water partition coefficient (Wildman–Crippen LogP) is 4.30. The third-order valence-electron chi connectivity index (χ3n) is 7.74. The minimum atomic E-state index is -6.39. The zero-order chi connectivity index (χ0) is 31.5. The topological polar surface area (TPSA) is 91.8 Å². The number of halogens is 8. The summed E-state index contributed by atoms with van der Waals surface area (Å²) in [5, 5.41) is 0. The first kappa shape index (κ1) is 32.1. The molecule has 1 unspecified atom stereocenters. The van der Waals surface area contributed by atoms with Crippen molar-refractivity contribution in [3.8, 4) is 0 Å². The van der Waals surface area contributed by atoms with Crippen LogP contribution in [0, 0.1) is 11.7 Å². The number of carbonyl (C=O) groups is 1. The molecule has 7 nitrogen and oxygen atoms in total. The van der Waals surface area contributed by atoms with Gasteiger partial charge in [0.05, 0.1) is 17.1 Å². The number of hydrogen-bond donors (Lipinski definition) is 0. The Hall–Kier alpha value is -2.79. The van der Waals surface area contributed by atoms with Crippen LogP contribution in [-0.4, -0.2) is 76.7 Å². The van der Waals surface area contributed by atoms with Crippen LogP contribution < -0.4 is 0 Å². The van der Waals surface area contributed by atoms with Gasteiger partial charge < -0.3 is 4.90 Å². The molecule has 0 aliphatic carbocycles. The van der Waals surface area contributed by atoms with Crippen LogP contribution in [0.2, 0.25) is 0 Å². The fraction of sp³-hybridized carbons (Fsp3) is 0.480. The SMILES string of the molecule is CS(=O)(=O)N1CCC(C(=O)N2CC[C@](c3ccc(C(F)(C(F)(F)F)C(F)(F)F)cc3)(S(=O)(=O)c3ccc(F)cc3)C2)C1. The molecule has 232 valence electrons. The Morgan fingerprint density at radius 1 is 0.857 bits per heavy atom. The molecule has 42 heavy (non-hydrogen) atoms. The third-order valence-corrected chi connectivity index (χ3v) is 11.5. The van der Waals surface area contributed by atoms with E-state index in [1.807, 2.05) is 0 Å². The van der Waals surface area contributed by atoms with Gasteiger partial charge in [0.15, 0.2) is 9.84 Å². The number of likely N-dealkylation sites (tertiary alicyclic amines) is 1. The van der Waals surface area contributed by atoms with Crippen molar-refractivity contribution in [1.82, 2.24) is 9.21 Å². The fourth-order valence-corrected chi connectivity index (χ4v) is 8.37. The average molecular weight is 649 g/mol. The van der Waals surface area contributed by atoms with E-state index in [4.69, 9.17) is 0 Å². The summed E-state index contributed by atoms with van der Waals surface area (Å²) in [5.74, 6) is -2.20. The molecule has 2 heterocycles. The van der Waals surface area contributed by atoms with Gasteiger partial charge in [0.25, 0.3) is 0 Å². The van der Waals surface area contributed by atoms with Crippen molar-refractivity contribution < 1.29 is 56.8 Å². The number of alkyl halides is 7. The summed E-state index contributed by atoms with van der Waals surface area (Å²) in [6, 6.07) is 5.19. The first-order valence-corrected chi connectivity index (χ1v) is 15.7. The Kier molecular flexibility index (Phi) is 7.98. The van der Waals surface area contributed by atoms with E-state index in [0.717, 1.165) is 39.7 Å². The largest absolute Gasteiger partial charge is 0.435 e. The normalized spacial score (nSPS) is 23.0. The lowest BCUT2D eigenvalue weighted by atomic mass is 9.90. The second-order valence-corrected chi connectivity index (χ2v) is 14.5. The number of sulfonamides is 1. The van der Waals surface area contributed by atoms with Crippen LogP contribution in [0.15, 0.2) is 53.4 Å². The van der Waals surface area contributed by atoms with Crippen LogP contribution in [0.4, 0.5) is 35.1 Å². The minimum absolute atomic E-state index is 0.0486. The second kappa shape index (κ2) is 10.4. The van der Waals surface area contributed by atoms with Crippen LogP contribution >= 0.6 is 0 Å². The fourth-order valence-electron chi connectivity index (χ4n) is 5.40. The predicted molar refractivity (Wildman–Crippen MR) is 132 cm³/mol. The minimum Gasteiger partial charge on any atom is -0.340 e. The number of sulfone groups is 1. The number of hydrogen-bond acceptors (Lipinski definition) is 5. The van der Waals surface area contributed by atoms with Crippen LogP contribution in [0.3, 0.4) is 0 Å². The van der Waals surface area contributed by atoms with Gasteiger partial charge in [-0.15, -0.1) is 0 Å². The molecule has 0 spiro atoms. The Bertz CT molecular complexity index is 1550. The molecule has 4 rings (SSSR count). The Morgan fingerprint density at radius 2 is 1.40 bits per heavy atom. The highest BCUT2D eigenvalue weighted by molar-refractivity contribution is 7.92. The van der Waals surface area contributed by atoms with Crippen LogP contribution in [-0.2, 0) is 35.1 Å². The molecule has 0 radical (unpaired) electrons. The van der Waals surface area contributed by atoms with Gasteiger partial charge in [-0.05, 0) is 42.7 Å². The van der Waals surface area contributed by atoms with Crippen LogP contribution in [0.5, 0.6) is 0 Å². The molecule has 2 aliphatic rings. The van der Waals surface area contributed by atoms with Crippen molar-refractivity contribution >= 4 is 25.8 Å². The maximum Gasteiger partial charge on any atom is 0.435 e. The lowest BCUT2D eigenvalue weighted by Gasteiger charge is -2.32. The van der Waals surface area contributed by atoms with Crippen molar-refractivity contribution in [3.63, 3.8) is 0 Å². The first-order valence-electron chi connectivity index (χ1n) is 12.3. The second-order valence-electron chi connectivity index (χ2n) is 10.3. The van der Waals surface area contributed by atoms with E-state index in [9.17, 15) is 56.8 Å². The molecule has 0 N–H and O–H groups in total. The lowest BCUT2D eigenvalue weighted by molar-refractivity contribution is -0.348. The zero-order valence-electron chi connectivity index (χ0n) is 21.7. The van der Waals surface area contributed by atoms with Crippen molar-refractivity contribution in [2.24, 2.45) is 5.92 Å². The zero-order valence-corrected chi connectivity index (χ0v) is 23.3. The molecule has 2 aromatic rings. The molecule has 0 bridgehead atoms. The van der Waals surface area contributed by atoms with Crippen LogP contribution in [0.1, 0.15) is 24.0 Å². The van der Waals surface area contributed by atoms with E-state index < -0.39 is 77.3 Å². The highest BCUT2D eigenvalue weighted by Crippen LogP contribution is 2.54. The number of carbonyl (C=O) groups excluding carboxylic acids is 1. The smallest absolute Gasteiger partial charge is 0.340 e. The maximum absolute atomic E-state index is 14.6. The molecule has 1 amide bonds. The molecule has 2 saturated heterocycles. The van der Waals surface area contributed by atoms with E-state index >= 15 is 0 Å². The Balaban J connectivity index is 1.77. The van der Waals surface area contributed by atoms with Gasteiger partial charge in [-0.2, -0.15) is 26.3 Å². The molecule has 0 saturated carbocycles. The maximum atomic E-state index is 14.6. The molecule has 17 heteroatoms. The quantitative estimate of drug-likeness (QED) is 0.344. The van der Waals surface area contributed by atoms with Crippen molar-refractivity contribution in [2.75, 3.05) is 32.4 Å². The Labute approximate surface area is 236 Å². The molecular weight excluding hydrogens is 624 g/mol. The summed E-state index contributed by atoms with van der Waals surface area (Å²) in [4.78, 5) is 14.0. The average Bonchev–Trinajstić information content (AvgIpc) is 3.56. The summed E-state index contributed by atoms with van der Waals surface area (Å²) in [6.07, 6.45) is -12.0. The highest BCUT2D eigenvalue weighted by Gasteiger charge is 2.73. The van der Waals surface area contributed by atoms with E-state index in [1.165, 1.54) is 0 Å². The van der Waals surface area contributed by atoms with Crippen LogP contribution in [0.25, 0.3) is 0 Å². The van der Waals surface area contributed by atoms with Crippen molar-refractivity contribution in [1.29, 1.82) is 0 Å². The van der Waals surface area contributed by atoms with E-state index in [-0.39, 0.29) is 50.2 Å². The van der Waals surface area contributed by atoms with Gasteiger partial charge in [0, 0.05) is 31.7 Å². The molecule has 2 fully saturated rings. The standard InChI is InChI=1S/C25H24F8N2O5S2/c1-41(37,38)35-12-10-16(14-35)21(36)34-13-11-22(15-34,42(39,40)20-8-6-19(26)7-9-20)17-2-4-18(5-3-17)23(27,24(28,29)30)25(31,32)33/h2-9,16H,10-15H2,1H3/t16?,22-/m0/s1. The van der Waals surface area contributed by atoms with Crippen molar-refractivity contribution in [3.05, 3.63) is 65.5 Å². The summed E-state index contributed by atoms with van der Waals surface area (Å²) < 4.78 is 159. The number of nitrogens with zero attached hydrogens (tertiary/aromatic N) is 2. The van der Waals surface area contributed by atoms with Gasteiger partial charge in [-0.1, -0.05) is 24.3 Å². The summed E-state index contributed by atoms with van der Waals surface area (Å²) in [5.41, 5.74) is -7.88. The van der Waals surface area contributed by atoms with Gasteiger partial charge in [-0.25, -0.2) is 29.9 Å². The van der Waals surface area contributed by atoms with Gasteiger partial charge >= 0.3 is 18.0 Å². The van der Waals surface area contributed by atoms with E-state index in [1.54, 1.807) is 0 Å². The molecule has 0 aromatic heterocycles. The number of benzene rings is 2. The summed E-state index contributed by atoms with van der Waals surface area (Å²) in [6.45, 7) is -0.922. The highest BCUT2D eigenvalue weighted by atomic mass is 32.2. The van der Waals surface area contributed by atoms with E-state index in [0.29, 0.717) is 12.1 Å². The monoisotopic (exact) mass is 648 g/mol. The van der Waals surface area contributed by atoms with Gasteiger partial charge in [0.2, 0.25) is 15.9 Å². The lowest BCUT2D eigenvalue weighted by Crippen LogP contribution is -2.50. The van der Waals surface area contributed by atoms with Gasteiger partial charge in [-0.3, -0.25) is 4.79 Å².